The molecule has 1 N–H and O–H groups in total. The molecule has 3 rings (SSSR count). The second-order valence-electron chi connectivity index (χ2n) is 5.10. The highest BCUT2D eigenvalue weighted by atomic mass is 79.9. The lowest BCUT2D eigenvalue weighted by Gasteiger charge is -2.21. The van der Waals surface area contributed by atoms with Gasteiger partial charge in [0.2, 0.25) is 0 Å². The van der Waals surface area contributed by atoms with Crippen LogP contribution >= 0.6 is 15.9 Å². The predicted octanol–water partition coefficient (Wildman–Crippen LogP) is 2.80. The van der Waals surface area contributed by atoms with Crippen molar-refractivity contribution in [2.24, 2.45) is 0 Å². The van der Waals surface area contributed by atoms with Crippen molar-refractivity contribution < 1.29 is 0 Å². The van der Waals surface area contributed by atoms with Crippen LogP contribution in [0.4, 0.5) is 5.82 Å². The molecule has 2 aliphatic rings. The SMILES string of the molecule is Cc1cc(NC2CCN3CCCC23)ncc1Br. The second kappa shape index (κ2) is 4.58. The van der Waals surface area contributed by atoms with E-state index in [1.165, 1.54) is 37.9 Å². The Balaban J connectivity index is 1.72. The maximum absolute atomic E-state index is 4.44. The number of nitrogens with zero attached hydrogens (tertiary/aromatic N) is 2. The van der Waals surface area contributed by atoms with Gasteiger partial charge < -0.3 is 5.32 Å². The van der Waals surface area contributed by atoms with Gasteiger partial charge in [0.05, 0.1) is 0 Å². The molecule has 0 radical (unpaired) electrons. The van der Waals surface area contributed by atoms with Gasteiger partial charge in [-0.25, -0.2) is 4.98 Å². The monoisotopic (exact) mass is 295 g/mol. The number of hydrogen-bond acceptors (Lipinski definition) is 3. The summed E-state index contributed by atoms with van der Waals surface area (Å²) in [5, 5.41) is 3.61. The summed E-state index contributed by atoms with van der Waals surface area (Å²) in [7, 11) is 0. The van der Waals surface area contributed by atoms with Gasteiger partial charge in [0.25, 0.3) is 0 Å². The number of fused-ring (bicyclic) bond motifs is 1. The van der Waals surface area contributed by atoms with E-state index in [1.54, 1.807) is 0 Å². The van der Waals surface area contributed by atoms with Gasteiger partial charge in [-0.15, -0.1) is 0 Å². The summed E-state index contributed by atoms with van der Waals surface area (Å²) in [5.74, 6) is 1.02. The fraction of sp³-hybridized carbons (Fsp3) is 0.615. The van der Waals surface area contributed by atoms with Gasteiger partial charge in [-0.05, 0) is 60.3 Å². The molecule has 1 aromatic heterocycles. The topological polar surface area (TPSA) is 28.2 Å². The number of pyridine rings is 1. The second-order valence-corrected chi connectivity index (χ2v) is 5.96. The quantitative estimate of drug-likeness (QED) is 0.909. The molecule has 0 amide bonds. The first-order valence-electron chi connectivity index (χ1n) is 6.37. The smallest absolute Gasteiger partial charge is 0.126 e. The van der Waals surface area contributed by atoms with Crippen molar-refractivity contribution in [1.82, 2.24) is 9.88 Å². The number of hydrogen-bond donors (Lipinski definition) is 1. The third kappa shape index (κ3) is 2.20. The minimum atomic E-state index is 0.588. The Morgan fingerprint density at radius 3 is 3.12 bits per heavy atom. The molecule has 0 bridgehead atoms. The van der Waals surface area contributed by atoms with E-state index >= 15 is 0 Å². The highest BCUT2D eigenvalue weighted by molar-refractivity contribution is 9.10. The Kier molecular flexibility index (Phi) is 3.09. The number of halogens is 1. The van der Waals surface area contributed by atoms with Crippen molar-refractivity contribution in [1.29, 1.82) is 0 Å². The summed E-state index contributed by atoms with van der Waals surface area (Å²) >= 11 is 3.49. The van der Waals surface area contributed by atoms with Crippen LogP contribution in [0.25, 0.3) is 0 Å². The molecule has 3 nitrogen and oxygen atoms in total. The number of aryl methyl sites for hydroxylation is 1. The maximum atomic E-state index is 4.44. The zero-order valence-corrected chi connectivity index (χ0v) is 11.7. The molecule has 0 saturated carbocycles. The molecular formula is C13H18BrN3. The van der Waals surface area contributed by atoms with E-state index in [4.69, 9.17) is 0 Å². The molecular weight excluding hydrogens is 278 g/mol. The lowest BCUT2D eigenvalue weighted by molar-refractivity contribution is 0.318. The summed E-state index contributed by atoms with van der Waals surface area (Å²) in [5.41, 5.74) is 1.24. The molecule has 0 aromatic carbocycles. The number of nitrogens with one attached hydrogen (secondary N) is 1. The summed E-state index contributed by atoms with van der Waals surface area (Å²) in [6, 6.07) is 3.45. The van der Waals surface area contributed by atoms with Gasteiger partial charge in [-0.2, -0.15) is 0 Å². The van der Waals surface area contributed by atoms with E-state index in [0.717, 1.165) is 16.3 Å². The van der Waals surface area contributed by atoms with Crippen LogP contribution in [0.5, 0.6) is 0 Å². The van der Waals surface area contributed by atoms with Crippen LogP contribution in [-0.2, 0) is 0 Å². The zero-order chi connectivity index (χ0) is 11.8. The first-order valence-corrected chi connectivity index (χ1v) is 7.16. The van der Waals surface area contributed by atoms with Gasteiger partial charge in [-0.3, -0.25) is 4.90 Å². The van der Waals surface area contributed by atoms with Crippen LogP contribution in [0.2, 0.25) is 0 Å². The Morgan fingerprint density at radius 2 is 2.29 bits per heavy atom. The molecule has 92 valence electrons. The molecule has 2 aliphatic heterocycles. The lowest BCUT2D eigenvalue weighted by atomic mass is 10.1. The van der Waals surface area contributed by atoms with Crippen molar-refractivity contribution in [3.8, 4) is 0 Å². The van der Waals surface area contributed by atoms with E-state index in [2.05, 4.69) is 44.1 Å². The van der Waals surface area contributed by atoms with Gasteiger partial charge in [-0.1, -0.05) is 0 Å². The van der Waals surface area contributed by atoms with Crippen molar-refractivity contribution in [3.05, 3.63) is 22.3 Å². The van der Waals surface area contributed by atoms with Crippen LogP contribution < -0.4 is 5.32 Å². The number of anilines is 1. The molecule has 3 heterocycles. The molecule has 4 heteroatoms. The van der Waals surface area contributed by atoms with E-state index in [0.29, 0.717) is 6.04 Å². The van der Waals surface area contributed by atoms with Crippen molar-refractivity contribution in [2.45, 2.75) is 38.3 Å². The first-order chi connectivity index (χ1) is 8.24. The third-order valence-corrected chi connectivity index (χ3v) is 4.82. The molecule has 0 spiro atoms. The fourth-order valence-corrected chi connectivity index (χ4v) is 3.28. The van der Waals surface area contributed by atoms with Crippen molar-refractivity contribution in [3.63, 3.8) is 0 Å². The zero-order valence-electron chi connectivity index (χ0n) is 10.1. The van der Waals surface area contributed by atoms with Crippen LogP contribution in [0.3, 0.4) is 0 Å². The largest absolute Gasteiger partial charge is 0.366 e. The molecule has 2 fully saturated rings. The Hall–Kier alpha value is -0.610. The van der Waals surface area contributed by atoms with Crippen LogP contribution in [-0.4, -0.2) is 35.1 Å². The lowest BCUT2D eigenvalue weighted by Crippen LogP contribution is -2.33. The molecule has 2 unspecified atom stereocenters. The molecule has 2 atom stereocenters. The Labute approximate surface area is 111 Å². The highest BCUT2D eigenvalue weighted by Crippen LogP contribution is 2.30. The van der Waals surface area contributed by atoms with Crippen LogP contribution in [0.1, 0.15) is 24.8 Å². The van der Waals surface area contributed by atoms with Gasteiger partial charge in [0.15, 0.2) is 0 Å². The molecule has 17 heavy (non-hydrogen) atoms. The van der Waals surface area contributed by atoms with Gasteiger partial charge in [0, 0.05) is 29.3 Å². The van der Waals surface area contributed by atoms with E-state index in [1.807, 2.05) is 6.20 Å². The average molecular weight is 296 g/mol. The van der Waals surface area contributed by atoms with Gasteiger partial charge in [0.1, 0.15) is 5.82 Å². The fourth-order valence-electron chi connectivity index (χ4n) is 3.06. The number of rotatable bonds is 2. The number of aromatic nitrogens is 1. The highest BCUT2D eigenvalue weighted by Gasteiger charge is 2.37. The summed E-state index contributed by atoms with van der Waals surface area (Å²) < 4.78 is 1.08. The first kappa shape index (κ1) is 11.5. The van der Waals surface area contributed by atoms with Crippen molar-refractivity contribution in [2.75, 3.05) is 18.4 Å². The van der Waals surface area contributed by atoms with Crippen LogP contribution in [0.15, 0.2) is 16.7 Å². The minimum absolute atomic E-state index is 0.588. The molecule has 0 aliphatic carbocycles. The minimum Gasteiger partial charge on any atom is -0.366 e. The predicted molar refractivity (Wildman–Crippen MR) is 73.3 cm³/mol. The molecule has 1 aromatic rings. The third-order valence-electron chi connectivity index (χ3n) is 3.99. The van der Waals surface area contributed by atoms with Crippen LogP contribution in [0, 0.1) is 6.92 Å². The summed E-state index contributed by atoms with van der Waals surface area (Å²) in [4.78, 5) is 7.05. The van der Waals surface area contributed by atoms with Gasteiger partial charge >= 0.3 is 0 Å². The standard InChI is InChI=1S/C13H18BrN3/c1-9-7-13(15-8-10(9)14)16-11-4-6-17-5-2-3-12(11)17/h7-8,11-12H,2-6H2,1H3,(H,15,16). The Bertz CT molecular complexity index is 421. The maximum Gasteiger partial charge on any atom is 0.126 e. The average Bonchev–Trinajstić information content (AvgIpc) is 2.88. The molecule has 2 saturated heterocycles. The van der Waals surface area contributed by atoms with E-state index in [9.17, 15) is 0 Å². The normalized spacial score (nSPS) is 28.4. The van der Waals surface area contributed by atoms with Crippen molar-refractivity contribution >= 4 is 21.7 Å². The summed E-state index contributed by atoms with van der Waals surface area (Å²) in [6.45, 7) is 4.64. The summed E-state index contributed by atoms with van der Waals surface area (Å²) in [6.07, 6.45) is 5.84. The Morgan fingerprint density at radius 1 is 1.41 bits per heavy atom. The van der Waals surface area contributed by atoms with E-state index < -0.39 is 0 Å². The van der Waals surface area contributed by atoms with E-state index in [-0.39, 0.29) is 0 Å².